The molecular formula is C18H20Cl2N2O4S2. The van der Waals surface area contributed by atoms with Gasteiger partial charge in [-0.25, -0.2) is 16.8 Å². The Labute approximate surface area is 175 Å². The third-order valence-corrected chi connectivity index (χ3v) is 8.17. The van der Waals surface area contributed by atoms with Crippen molar-refractivity contribution in [3.8, 4) is 0 Å². The molecule has 2 aromatic rings. The standard InChI is InChI=1S/C18H20Cl2N2O4S2/c19-14-11-15(20)13-18(12-14)27(23,24)21-16-5-7-17(8-6-16)28(25,26)22-9-3-1-2-4-10-22/h5-8,11-13,21H,1-4,9-10H2. The van der Waals surface area contributed by atoms with Crippen molar-refractivity contribution in [3.63, 3.8) is 0 Å². The molecule has 6 nitrogen and oxygen atoms in total. The van der Waals surface area contributed by atoms with E-state index in [1.807, 2.05) is 0 Å². The first-order chi connectivity index (χ1) is 13.2. The second-order valence-corrected chi connectivity index (χ2v) is 11.0. The minimum Gasteiger partial charge on any atom is -0.280 e. The maximum absolute atomic E-state index is 12.8. The molecule has 0 aliphatic carbocycles. The molecule has 0 bridgehead atoms. The molecule has 152 valence electrons. The largest absolute Gasteiger partial charge is 0.280 e. The van der Waals surface area contributed by atoms with Gasteiger partial charge in [0, 0.05) is 28.8 Å². The Hall–Kier alpha value is -1.32. The lowest BCUT2D eigenvalue weighted by Gasteiger charge is -2.20. The van der Waals surface area contributed by atoms with E-state index in [0.717, 1.165) is 25.7 Å². The van der Waals surface area contributed by atoms with Gasteiger partial charge in [-0.05, 0) is 55.3 Å². The van der Waals surface area contributed by atoms with Crippen molar-refractivity contribution in [3.05, 3.63) is 52.5 Å². The molecule has 28 heavy (non-hydrogen) atoms. The molecule has 0 aromatic heterocycles. The second-order valence-electron chi connectivity index (χ2n) is 6.55. The minimum atomic E-state index is -3.91. The molecule has 0 atom stereocenters. The molecule has 0 spiro atoms. The number of rotatable bonds is 5. The van der Waals surface area contributed by atoms with Gasteiger partial charge in [-0.2, -0.15) is 4.31 Å². The Morgan fingerprint density at radius 3 is 1.82 bits per heavy atom. The molecule has 1 aliphatic rings. The molecule has 0 unspecified atom stereocenters. The molecule has 1 N–H and O–H groups in total. The molecule has 1 aliphatic heterocycles. The van der Waals surface area contributed by atoms with Gasteiger partial charge < -0.3 is 0 Å². The zero-order chi connectivity index (χ0) is 20.4. The number of hydrogen-bond acceptors (Lipinski definition) is 4. The van der Waals surface area contributed by atoms with Crippen molar-refractivity contribution in [1.29, 1.82) is 0 Å². The van der Waals surface area contributed by atoms with Crippen LogP contribution in [-0.4, -0.2) is 34.2 Å². The Morgan fingerprint density at radius 1 is 0.750 bits per heavy atom. The first-order valence-electron chi connectivity index (χ1n) is 8.78. The Bertz CT molecular complexity index is 1030. The summed E-state index contributed by atoms with van der Waals surface area (Å²) in [6, 6.07) is 9.67. The van der Waals surface area contributed by atoms with Gasteiger partial charge in [0.2, 0.25) is 10.0 Å². The molecule has 1 saturated heterocycles. The second kappa shape index (κ2) is 8.59. The van der Waals surface area contributed by atoms with Gasteiger partial charge >= 0.3 is 0 Å². The Kier molecular flexibility index (Phi) is 6.56. The van der Waals surface area contributed by atoms with Crippen LogP contribution < -0.4 is 4.72 Å². The number of benzene rings is 2. The van der Waals surface area contributed by atoms with E-state index in [9.17, 15) is 16.8 Å². The van der Waals surface area contributed by atoms with Gasteiger partial charge in [-0.3, -0.25) is 4.72 Å². The Morgan fingerprint density at radius 2 is 1.29 bits per heavy atom. The number of nitrogens with zero attached hydrogens (tertiary/aromatic N) is 1. The van der Waals surface area contributed by atoms with Gasteiger partial charge in [0.05, 0.1) is 9.79 Å². The van der Waals surface area contributed by atoms with Crippen LogP contribution in [0.5, 0.6) is 0 Å². The summed E-state index contributed by atoms with van der Waals surface area (Å²) in [5, 5.41) is 0.401. The predicted molar refractivity (Wildman–Crippen MR) is 111 cm³/mol. The van der Waals surface area contributed by atoms with Crippen LogP contribution in [0.4, 0.5) is 5.69 Å². The van der Waals surface area contributed by atoms with E-state index >= 15 is 0 Å². The smallest absolute Gasteiger partial charge is 0.261 e. The molecule has 0 saturated carbocycles. The van der Waals surface area contributed by atoms with Crippen molar-refractivity contribution in [1.82, 2.24) is 4.31 Å². The fourth-order valence-electron chi connectivity index (χ4n) is 3.02. The normalized spacial score (nSPS) is 16.5. The highest BCUT2D eigenvalue weighted by atomic mass is 35.5. The lowest BCUT2D eigenvalue weighted by atomic mass is 10.2. The summed E-state index contributed by atoms with van der Waals surface area (Å²) < 4.78 is 54.5. The molecule has 10 heteroatoms. The number of anilines is 1. The fourth-order valence-corrected chi connectivity index (χ4v) is 6.32. The first-order valence-corrected chi connectivity index (χ1v) is 12.5. The molecule has 3 rings (SSSR count). The SMILES string of the molecule is O=S(=O)(Nc1ccc(S(=O)(=O)N2CCCCCC2)cc1)c1cc(Cl)cc(Cl)c1. The van der Waals surface area contributed by atoms with Crippen LogP contribution in [0.15, 0.2) is 52.3 Å². The summed E-state index contributed by atoms with van der Waals surface area (Å²) in [7, 11) is -7.50. The van der Waals surface area contributed by atoms with Crippen molar-refractivity contribution < 1.29 is 16.8 Å². The summed E-state index contributed by atoms with van der Waals surface area (Å²) in [4.78, 5) is 0.0643. The highest BCUT2D eigenvalue weighted by molar-refractivity contribution is 7.92. The van der Waals surface area contributed by atoms with E-state index in [1.165, 1.54) is 46.8 Å². The number of hydrogen-bond donors (Lipinski definition) is 1. The van der Waals surface area contributed by atoms with Gasteiger partial charge in [-0.1, -0.05) is 36.0 Å². The van der Waals surface area contributed by atoms with Gasteiger partial charge in [0.15, 0.2) is 0 Å². The average molecular weight is 463 g/mol. The lowest BCUT2D eigenvalue weighted by molar-refractivity contribution is 0.424. The fraction of sp³-hybridized carbons (Fsp3) is 0.333. The van der Waals surface area contributed by atoms with Crippen molar-refractivity contribution >= 4 is 48.9 Å². The molecular weight excluding hydrogens is 443 g/mol. The van der Waals surface area contributed by atoms with Crippen molar-refractivity contribution in [2.45, 2.75) is 35.5 Å². The summed E-state index contributed by atoms with van der Waals surface area (Å²) in [5.74, 6) is 0. The van der Waals surface area contributed by atoms with E-state index < -0.39 is 20.0 Å². The molecule has 2 aromatic carbocycles. The van der Waals surface area contributed by atoms with Crippen LogP contribution in [0, 0.1) is 0 Å². The van der Waals surface area contributed by atoms with Crippen LogP contribution in [0.3, 0.4) is 0 Å². The van der Waals surface area contributed by atoms with E-state index in [-0.39, 0.29) is 25.5 Å². The van der Waals surface area contributed by atoms with Crippen LogP contribution in [0.1, 0.15) is 25.7 Å². The molecule has 1 fully saturated rings. The average Bonchev–Trinajstić information content (AvgIpc) is 2.91. The molecule has 1 heterocycles. The van der Waals surface area contributed by atoms with Crippen molar-refractivity contribution in [2.75, 3.05) is 17.8 Å². The third-order valence-electron chi connectivity index (χ3n) is 4.46. The minimum absolute atomic E-state index is 0.0775. The number of halogens is 2. The third kappa shape index (κ3) is 4.99. The summed E-state index contributed by atoms with van der Waals surface area (Å²) in [6.07, 6.45) is 3.75. The predicted octanol–water partition coefficient (Wildman–Crippen LogP) is 4.36. The molecule has 0 radical (unpaired) electrons. The topological polar surface area (TPSA) is 83.5 Å². The van der Waals surface area contributed by atoms with Gasteiger partial charge in [-0.15, -0.1) is 0 Å². The molecule has 0 amide bonds. The van der Waals surface area contributed by atoms with E-state index in [0.29, 0.717) is 13.1 Å². The Balaban J connectivity index is 1.80. The summed E-state index contributed by atoms with van der Waals surface area (Å²) in [6.45, 7) is 1.01. The number of nitrogens with one attached hydrogen (secondary N) is 1. The van der Waals surface area contributed by atoms with E-state index in [4.69, 9.17) is 23.2 Å². The van der Waals surface area contributed by atoms with Crippen LogP contribution in [-0.2, 0) is 20.0 Å². The van der Waals surface area contributed by atoms with Crippen molar-refractivity contribution in [2.24, 2.45) is 0 Å². The quantitative estimate of drug-likeness (QED) is 0.714. The summed E-state index contributed by atoms with van der Waals surface area (Å²) >= 11 is 11.7. The van der Waals surface area contributed by atoms with Crippen LogP contribution >= 0.6 is 23.2 Å². The monoisotopic (exact) mass is 462 g/mol. The first kappa shape index (κ1) is 21.4. The lowest BCUT2D eigenvalue weighted by Crippen LogP contribution is -2.31. The zero-order valence-corrected chi connectivity index (χ0v) is 18.1. The highest BCUT2D eigenvalue weighted by Crippen LogP contribution is 2.26. The van der Waals surface area contributed by atoms with Gasteiger partial charge in [0.1, 0.15) is 0 Å². The van der Waals surface area contributed by atoms with Crippen LogP contribution in [0.2, 0.25) is 10.0 Å². The highest BCUT2D eigenvalue weighted by Gasteiger charge is 2.25. The van der Waals surface area contributed by atoms with E-state index in [2.05, 4.69) is 4.72 Å². The van der Waals surface area contributed by atoms with Crippen LogP contribution in [0.25, 0.3) is 0 Å². The number of sulfonamides is 2. The van der Waals surface area contributed by atoms with Gasteiger partial charge in [0.25, 0.3) is 10.0 Å². The summed E-state index contributed by atoms with van der Waals surface area (Å²) in [5.41, 5.74) is 0.242. The maximum Gasteiger partial charge on any atom is 0.261 e. The zero-order valence-electron chi connectivity index (χ0n) is 14.9. The van der Waals surface area contributed by atoms with E-state index in [1.54, 1.807) is 0 Å². The maximum atomic E-state index is 12.8.